The molecule has 96 valence electrons. The third kappa shape index (κ3) is 2.21. The topological polar surface area (TPSA) is 61.0 Å². The highest BCUT2D eigenvalue weighted by Crippen LogP contribution is 2.28. The van der Waals surface area contributed by atoms with Crippen molar-refractivity contribution >= 4 is 10.8 Å². The van der Waals surface area contributed by atoms with Crippen LogP contribution in [0.15, 0.2) is 18.5 Å². The van der Waals surface area contributed by atoms with Gasteiger partial charge in [0.05, 0.1) is 12.1 Å². The van der Waals surface area contributed by atoms with E-state index in [4.69, 9.17) is 10.5 Å². The van der Waals surface area contributed by atoms with Crippen LogP contribution in [0.3, 0.4) is 0 Å². The van der Waals surface area contributed by atoms with Crippen LogP contribution >= 0.6 is 0 Å². The monoisotopic (exact) mass is 245 g/mol. The normalized spacial score (nSPS) is 14.7. The molecule has 0 saturated carbocycles. The fourth-order valence-electron chi connectivity index (χ4n) is 2.20. The molecule has 2 rings (SSSR count). The summed E-state index contributed by atoms with van der Waals surface area (Å²) < 4.78 is 5.20. The Balaban J connectivity index is 2.72. The minimum absolute atomic E-state index is 0.453. The van der Waals surface area contributed by atoms with Crippen LogP contribution < -0.4 is 5.73 Å². The van der Waals surface area contributed by atoms with Crippen molar-refractivity contribution in [1.82, 2.24) is 9.97 Å². The quantitative estimate of drug-likeness (QED) is 0.899. The summed E-state index contributed by atoms with van der Waals surface area (Å²) >= 11 is 0. The lowest BCUT2D eigenvalue weighted by atomic mass is 9.91. The first-order chi connectivity index (χ1) is 8.45. The minimum atomic E-state index is -0.554. The molecule has 0 bridgehead atoms. The first kappa shape index (κ1) is 12.9. The van der Waals surface area contributed by atoms with E-state index in [-0.39, 0.29) is 0 Å². The average molecular weight is 245 g/mol. The Morgan fingerprint density at radius 3 is 2.61 bits per heavy atom. The van der Waals surface area contributed by atoms with Crippen LogP contribution in [-0.2, 0) is 10.3 Å². The zero-order valence-electron chi connectivity index (χ0n) is 11.3. The molecule has 0 amide bonds. The maximum atomic E-state index is 6.33. The molecular weight excluding hydrogens is 226 g/mol. The molecule has 0 aromatic carbocycles. The van der Waals surface area contributed by atoms with Gasteiger partial charge < -0.3 is 10.5 Å². The Kier molecular flexibility index (Phi) is 3.32. The van der Waals surface area contributed by atoms with Crippen LogP contribution in [0.5, 0.6) is 0 Å². The van der Waals surface area contributed by atoms with E-state index >= 15 is 0 Å². The number of fused-ring (bicyclic) bond motifs is 1. The Morgan fingerprint density at radius 2 is 1.94 bits per heavy atom. The number of rotatable bonds is 3. The van der Waals surface area contributed by atoms with E-state index in [9.17, 15) is 0 Å². The van der Waals surface area contributed by atoms with Gasteiger partial charge in [0.1, 0.15) is 0 Å². The summed E-state index contributed by atoms with van der Waals surface area (Å²) in [4.78, 5) is 8.74. The van der Waals surface area contributed by atoms with Crippen LogP contribution in [0.25, 0.3) is 10.8 Å². The number of methoxy groups -OCH3 is 1. The van der Waals surface area contributed by atoms with Gasteiger partial charge in [0.25, 0.3) is 0 Å². The summed E-state index contributed by atoms with van der Waals surface area (Å²) in [6, 6.07) is 2.06. The molecule has 0 spiro atoms. The van der Waals surface area contributed by atoms with Crippen molar-refractivity contribution in [2.75, 3.05) is 13.7 Å². The van der Waals surface area contributed by atoms with E-state index in [0.717, 1.165) is 27.7 Å². The summed E-state index contributed by atoms with van der Waals surface area (Å²) in [6.07, 6.45) is 3.70. The van der Waals surface area contributed by atoms with Crippen LogP contribution in [0.2, 0.25) is 0 Å². The maximum Gasteiger partial charge on any atom is 0.0682 e. The van der Waals surface area contributed by atoms with Crippen LogP contribution in [0, 0.1) is 13.8 Å². The molecule has 0 aliphatic rings. The van der Waals surface area contributed by atoms with Gasteiger partial charge in [-0.2, -0.15) is 0 Å². The molecule has 0 aliphatic heterocycles. The highest BCUT2D eigenvalue weighted by molar-refractivity contribution is 5.87. The zero-order chi connectivity index (χ0) is 13.3. The second kappa shape index (κ2) is 4.63. The molecule has 2 N–H and O–H groups in total. The Bertz CT molecular complexity index is 579. The van der Waals surface area contributed by atoms with E-state index in [0.29, 0.717) is 6.61 Å². The second-order valence-electron chi connectivity index (χ2n) is 4.98. The van der Waals surface area contributed by atoms with Gasteiger partial charge in [0.15, 0.2) is 0 Å². The van der Waals surface area contributed by atoms with E-state index in [2.05, 4.69) is 16.0 Å². The molecule has 1 unspecified atom stereocenters. The predicted molar refractivity (Wildman–Crippen MR) is 72.4 cm³/mol. The number of nitrogens with two attached hydrogens (primary N) is 1. The standard InChI is InChI=1S/C14H19N3O/c1-9-5-11-12(6-16-9)10(2)17-7-13(11)14(3,15)8-18-4/h5-7H,8,15H2,1-4H3. The molecule has 1 atom stereocenters. The smallest absolute Gasteiger partial charge is 0.0682 e. The van der Waals surface area contributed by atoms with E-state index in [1.165, 1.54) is 0 Å². The third-order valence-corrected chi connectivity index (χ3v) is 3.17. The molecule has 0 fully saturated rings. The second-order valence-corrected chi connectivity index (χ2v) is 4.98. The largest absolute Gasteiger partial charge is 0.382 e. The molecule has 2 aromatic rings. The fourth-order valence-corrected chi connectivity index (χ4v) is 2.20. The molecule has 0 saturated heterocycles. The van der Waals surface area contributed by atoms with Crippen molar-refractivity contribution in [3.8, 4) is 0 Å². The molecule has 2 aromatic heterocycles. The first-order valence-corrected chi connectivity index (χ1v) is 5.96. The SMILES string of the molecule is COCC(C)(N)c1cnc(C)c2cnc(C)cc12. The van der Waals surface area contributed by atoms with E-state index in [1.54, 1.807) is 7.11 Å². The van der Waals surface area contributed by atoms with Crippen molar-refractivity contribution < 1.29 is 4.74 Å². The maximum absolute atomic E-state index is 6.33. The molecule has 0 aliphatic carbocycles. The van der Waals surface area contributed by atoms with Gasteiger partial charge in [-0.3, -0.25) is 9.97 Å². The van der Waals surface area contributed by atoms with Gasteiger partial charge >= 0.3 is 0 Å². The Labute approximate surface area is 107 Å². The lowest BCUT2D eigenvalue weighted by molar-refractivity contribution is 0.141. The van der Waals surface area contributed by atoms with Crippen LogP contribution in [0.1, 0.15) is 23.9 Å². The summed E-state index contributed by atoms with van der Waals surface area (Å²) in [5.41, 5.74) is 8.71. The van der Waals surface area contributed by atoms with Crippen LogP contribution in [0.4, 0.5) is 0 Å². The Hall–Kier alpha value is -1.52. The van der Waals surface area contributed by atoms with Crippen molar-refractivity contribution in [3.05, 3.63) is 35.4 Å². The zero-order valence-corrected chi connectivity index (χ0v) is 11.3. The predicted octanol–water partition coefficient (Wildman–Crippen LogP) is 2.07. The minimum Gasteiger partial charge on any atom is -0.382 e. The average Bonchev–Trinajstić information content (AvgIpc) is 2.28. The molecule has 4 nitrogen and oxygen atoms in total. The number of pyridine rings is 2. The summed E-state index contributed by atoms with van der Waals surface area (Å²) in [6.45, 7) is 6.36. The fraction of sp³-hybridized carbons (Fsp3) is 0.429. The lowest BCUT2D eigenvalue weighted by Gasteiger charge is -2.25. The number of hydrogen-bond acceptors (Lipinski definition) is 4. The van der Waals surface area contributed by atoms with Gasteiger partial charge in [-0.1, -0.05) is 0 Å². The van der Waals surface area contributed by atoms with Gasteiger partial charge in [0, 0.05) is 41.8 Å². The molecule has 4 heteroatoms. The van der Waals surface area contributed by atoms with Gasteiger partial charge in [0.2, 0.25) is 0 Å². The third-order valence-electron chi connectivity index (χ3n) is 3.17. The van der Waals surface area contributed by atoms with E-state index < -0.39 is 5.54 Å². The summed E-state index contributed by atoms with van der Waals surface area (Å²) in [5.74, 6) is 0. The van der Waals surface area contributed by atoms with Crippen molar-refractivity contribution in [2.24, 2.45) is 5.73 Å². The molecule has 18 heavy (non-hydrogen) atoms. The molecule has 2 heterocycles. The van der Waals surface area contributed by atoms with Crippen molar-refractivity contribution in [2.45, 2.75) is 26.3 Å². The lowest BCUT2D eigenvalue weighted by Crippen LogP contribution is -2.38. The number of hydrogen-bond donors (Lipinski definition) is 1. The number of ether oxygens (including phenoxy) is 1. The molecular formula is C14H19N3O. The van der Waals surface area contributed by atoms with Crippen molar-refractivity contribution in [3.63, 3.8) is 0 Å². The van der Waals surface area contributed by atoms with Crippen LogP contribution in [-0.4, -0.2) is 23.7 Å². The van der Waals surface area contributed by atoms with E-state index in [1.807, 2.05) is 33.2 Å². The Morgan fingerprint density at radius 1 is 1.22 bits per heavy atom. The number of aromatic nitrogens is 2. The highest BCUT2D eigenvalue weighted by Gasteiger charge is 2.24. The summed E-state index contributed by atoms with van der Waals surface area (Å²) in [5, 5.41) is 2.16. The highest BCUT2D eigenvalue weighted by atomic mass is 16.5. The molecule has 0 radical (unpaired) electrons. The van der Waals surface area contributed by atoms with Gasteiger partial charge in [-0.05, 0) is 32.2 Å². The van der Waals surface area contributed by atoms with Gasteiger partial charge in [-0.25, -0.2) is 0 Å². The van der Waals surface area contributed by atoms with Crippen molar-refractivity contribution in [1.29, 1.82) is 0 Å². The van der Waals surface area contributed by atoms with Gasteiger partial charge in [-0.15, -0.1) is 0 Å². The summed E-state index contributed by atoms with van der Waals surface area (Å²) in [7, 11) is 1.65. The number of nitrogens with zero attached hydrogens (tertiary/aromatic N) is 2. The number of aryl methyl sites for hydroxylation is 2. The first-order valence-electron chi connectivity index (χ1n) is 5.96.